The third kappa shape index (κ3) is 5.27. The number of nitrogens with zero attached hydrogens (tertiary/aromatic N) is 3. The van der Waals surface area contributed by atoms with Gasteiger partial charge in [-0.2, -0.15) is 0 Å². The molecule has 3 heterocycles. The average molecular weight is 416 g/mol. The van der Waals surface area contributed by atoms with Crippen LogP contribution < -0.4 is 10.6 Å². The largest absolute Gasteiger partial charge is 0.369 e. The second-order valence-electron chi connectivity index (χ2n) is 8.00. The van der Waals surface area contributed by atoms with Gasteiger partial charge in [-0.05, 0) is 81.7 Å². The number of carbonyl (C=O) groups is 1. The summed E-state index contributed by atoms with van der Waals surface area (Å²) in [5, 5.41) is 6.37. The van der Waals surface area contributed by atoms with Gasteiger partial charge in [-0.3, -0.25) is 9.78 Å². The number of aryl methyl sites for hydroxylation is 2. The van der Waals surface area contributed by atoms with Gasteiger partial charge in [-0.15, -0.1) is 0 Å². The van der Waals surface area contributed by atoms with Crippen molar-refractivity contribution in [3.8, 4) is 11.3 Å². The molecular formula is C25H29N5O. The van der Waals surface area contributed by atoms with E-state index >= 15 is 0 Å². The number of benzene rings is 1. The number of likely N-dealkylation sites (tertiary alicyclic amines) is 1. The lowest BCUT2D eigenvalue weighted by molar-refractivity contribution is 0.102. The van der Waals surface area contributed by atoms with Crippen LogP contribution in [0.4, 0.5) is 11.5 Å². The van der Waals surface area contributed by atoms with Crippen LogP contribution in [0.1, 0.15) is 34.5 Å². The minimum absolute atomic E-state index is 0.163. The molecule has 0 atom stereocenters. The molecular weight excluding hydrogens is 386 g/mol. The third-order valence-electron chi connectivity index (χ3n) is 5.70. The molecule has 1 saturated heterocycles. The third-order valence-corrected chi connectivity index (χ3v) is 5.70. The molecule has 4 rings (SSSR count). The summed E-state index contributed by atoms with van der Waals surface area (Å²) in [5.41, 5.74) is 5.03. The Bertz CT molecular complexity index is 1050. The molecule has 3 aromatic rings. The fourth-order valence-corrected chi connectivity index (χ4v) is 3.94. The van der Waals surface area contributed by atoms with Gasteiger partial charge in [0.05, 0.1) is 17.0 Å². The van der Waals surface area contributed by atoms with Crippen LogP contribution >= 0.6 is 0 Å². The standard InChI is InChI=1S/C25H29N5O/c1-18-8-9-20(17-22(18)23-7-3-4-12-26-23)29-25(31)21-10-11-24(28-19(21)2)27-13-16-30-14-5-6-15-30/h3-4,7-12,17H,5-6,13-16H2,1-2H3,(H,27,28)(H,29,31). The minimum Gasteiger partial charge on any atom is -0.369 e. The van der Waals surface area contributed by atoms with Crippen LogP contribution in [0.2, 0.25) is 0 Å². The van der Waals surface area contributed by atoms with E-state index in [2.05, 4.69) is 25.5 Å². The van der Waals surface area contributed by atoms with E-state index in [9.17, 15) is 4.79 Å². The molecule has 1 aromatic carbocycles. The number of hydrogen-bond donors (Lipinski definition) is 2. The van der Waals surface area contributed by atoms with Crippen molar-refractivity contribution in [3.05, 3.63) is 71.5 Å². The van der Waals surface area contributed by atoms with Crippen LogP contribution in [0.5, 0.6) is 0 Å². The maximum absolute atomic E-state index is 12.9. The zero-order chi connectivity index (χ0) is 21.6. The summed E-state index contributed by atoms with van der Waals surface area (Å²) in [5.74, 6) is 0.644. The molecule has 0 saturated carbocycles. The second-order valence-corrected chi connectivity index (χ2v) is 8.00. The second kappa shape index (κ2) is 9.71. The van der Waals surface area contributed by atoms with E-state index in [1.807, 2.05) is 62.4 Å². The number of carbonyl (C=O) groups excluding carboxylic acids is 1. The summed E-state index contributed by atoms with van der Waals surface area (Å²) < 4.78 is 0. The van der Waals surface area contributed by atoms with E-state index in [0.717, 1.165) is 41.4 Å². The Hall–Kier alpha value is -3.25. The Labute approximate surface area is 183 Å². The molecule has 31 heavy (non-hydrogen) atoms. The van der Waals surface area contributed by atoms with Gasteiger partial charge in [0.1, 0.15) is 5.82 Å². The Morgan fingerprint density at radius 1 is 1.06 bits per heavy atom. The lowest BCUT2D eigenvalue weighted by Gasteiger charge is -2.15. The van der Waals surface area contributed by atoms with E-state index in [-0.39, 0.29) is 5.91 Å². The number of rotatable bonds is 7. The molecule has 0 radical (unpaired) electrons. The first-order chi connectivity index (χ1) is 15.1. The van der Waals surface area contributed by atoms with E-state index in [0.29, 0.717) is 11.3 Å². The Balaban J connectivity index is 1.41. The summed E-state index contributed by atoms with van der Waals surface area (Å²) in [7, 11) is 0. The van der Waals surface area contributed by atoms with Gasteiger partial charge in [0.2, 0.25) is 0 Å². The first-order valence-electron chi connectivity index (χ1n) is 10.9. The molecule has 6 nitrogen and oxygen atoms in total. The van der Waals surface area contributed by atoms with Crippen molar-refractivity contribution in [3.63, 3.8) is 0 Å². The summed E-state index contributed by atoms with van der Waals surface area (Å²) in [6.45, 7) is 8.17. The molecule has 2 aromatic heterocycles. The summed E-state index contributed by atoms with van der Waals surface area (Å²) in [4.78, 5) is 24.3. The fourth-order valence-electron chi connectivity index (χ4n) is 3.94. The molecule has 0 spiro atoms. The smallest absolute Gasteiger partial charge is 0.257 e. The van der Waals surface area contributed by atoms with Crippen molar-refractivity contribution < 1.29 is 4.79 Å². The highest BCUT2D eigenvalue weighted by Gasteiger charge is 2.14. The van der Waals surface area contributed by atoms with Crippen molar-refractivity contribution in [1.82, 2.24) is 14.9 Å². The Morgan fingerprint density at radius 3 is 2.65 bits per heavy atom. The highest BCUT2D eigenvalue weighted by Crippen LogP contribution is 2.25. The van der Waals surface area contributed by atoms with E-state index in [1.54, 1.807) is 6.20 Å². The van der Waals surface area contributed by atoms with Crippen LogP contribution in [-0.4, -0.2) is 47.0 Å². The van der Waals surface area contributed by atoms with Gasteiger partial charge < -0.3 is 15.5 Å². The minimum atomic E-state index is -0.163. The van der Waals surface area contributed by atoms with Crippen molar-refractivity contribution in [2.45, 2.75) is 26.7 Å². The van der Waals surface area contributed by atoms with Gasteiger partial charge in [0.15, 0.2) is 0 Å². The number of hydrogen-bond acceptors (Lipinski definition) is 5. The Kier molecular flexibility index (Phi) is 6.57. The molecule has 6 heteroatoms. The maximum atomic E-state index is 12.9. The Morgan fingerprint density at radius 2 is 1.90 bits per heavy atom. The number of aromatic nitrogens is 2. The van der Waals surface area contributed by atoms with Crippen LogP contribution in [0.15, 0.2) is 54.7 Å². The van der Waals surface area contributed by atoms with Crippen LogP contribution in [0.3, 0.4) is 0 Å². The van der Waals surface area contributed by atoms with Gasteiger partial charge in [0.25, 0.3) is 5.91 Å². The molecule has 1 aliphatic rings. The number of pyridine rings is 2. The van der Waals surface area contributed by atoms with E-state index < -0.39 is 0 Å². The van der Waals surface area contributed by atoms with Crippen LogP contribution in [0, 0.1) is 13.8 Å². The lowest BCUT2D eigenvalue weighted by atomic mass is 10.0. The zero-order valence-electron chi connectivity index (χ0n) is 18.2. The van der Waals surface area contributed by atoms with E-state index in [4.69, 9.17) is 0 Å². The first kappa shape index (κ1) is 21.0. The summed E-state index contributed by atoms with van der Waals surface area (Å²) >= 11 is 0. The van der Waals surface area contributed by atoms with Gasteiger partial charge in [0, 0.05) is 30.5 Å². The molecule has 0 unspecified atom stereocenters. The number of nitrogens with one attached hydrogen (secondary N) is 2. The van der Waals surface area contributed by atoms with Crippen LogP contribution in [-0.2, 0) is 0 Å². The topological polar surface area (TPSA) is 70.2 Å². The van der Waals surface area contributed by atoms with Crippen molar-refractivity contribution in [1.29, 1.82) is 0 Å². The quantitative estimate of drug-likeness (QED) is 0.594. The number of amides is 1. The van der Waals surface area contributed by atoms with Gasteiger partial charge in [-0.25, -0.2) is 4.98 Å². The predicted octanol–water partition coefficient (Wildman–Crippen LogP) is 4.52. The SMILES string of the molecule is Cc1ccc(NC(=O)c2ccc(NCCN3CCCC3)nc2C)cc1-c1ccccn1. The maximum Gasteiger partial charge on any atom is 0.257 e. The normalized spacial score (nSPS) is 13.9. The fraction of sp³-hybridized carbons (Fsp3) is 0.320. The highest BCUT2D eigenvalue weighted by atomic mass is 16.1. The summed E-state index contributed by atoms with van der Waals surface area (Å²) in [6, 6.07) is 15.4. The summed E-state index contributed by atoms with van der Waals surface area (Å²) in [6.07, 6.45) is 4.37. The van der Waals surface area contributed by atoms with Crippen molar-refractivity contribution in [2.75, 3.05) is 36.8 Å². The first-order valence-corrected chi connectivity index (χ1v) is 10.9. The molecule has 1 aliphatic heterocycles. The van der Waals surface area contributed by atoms with Crippen LogP contribution in [0.25, 0.3) is 11.3 Å². The lowest BCUT2D eigenvalue weighted by Crippen LogP contribution is -2.26. The molecule has 160 valence electrons. The monoisotopic (exact) mass is 415 g/mol. The van der Waals surface area contributed by atoms with Crippen molar-refractivity contribution in [2.24, 2.45) is 0 Å². The highest BCUT2D eigenvalue weighted by molar-refractivity contribution is 6.05. The van der Waals surface area contributed by atoms with Crippen molar-refractivity contribution >= 4 is 17.4 Å². The molecule has 0 bridgehead atoms. The predicted molar refractivity (Wildman–Crippen MR) is 126 cm³/mol. The molecule has 1 amide bonds. The van der Waals surface area contributed by atoms with Gasteiger partial charge >= 0.3 is 0 Å². The zero-order valence-corrected chi connectivity index (χ0v) is 18.2. The molecule has 1 fully saturated rings. The molecule has 2 N–H and O–H groups in total. The number of anilines is 2. The molecule has 0 aliphatic carbocycles. The van der Waals surface area contributed by atoms with E-state index in [1.165, 1.54) is 25.9 Å². The van der Waals surface area contributed by atoms with Gasteiger partial charge in [-0.1, -0.05) is 12.1 Å². The average Bonchev–Trinajstić information content (AvgIpc) is 3.29.